The molecule has 0 aliphatic carbocycles. The molecule has 5 heteroatoms. The molecular formula is C19H26FN3O. The molecule has 0 bridgehead atoms. The van der Waals surface area contributed by atoms with Crippen molar-refractivity contribution in [3.8, 4) is 11.5 Å². The van der Waals surface area contributed by atoms with Crippen LogP contribution in [0.15, 0.2) is 28.7 Å². The summed E-state index contributed by atoms with van der Waals surface area (Å²) < 4.78 is 18.8. The molecule has 0 N–H and O–H groups in total. The molecule has 4 nitrogen and oxygen atoms in total. The van der Waals surface area contributed by atoms with Gasteiger partial charge >= 0.3 is 0 Å². The summed E-state index contributed by atoms with van der Waals surface area (Å²) in [5.74, 6) is 1.58. The maximum absolute atomic E-state index is 13.0. The number of benzene rings is 1. The lowest BCUT2D eigenvalue weighted by Gasteiger charge is -2.29. The second-order valence-electron chi connectivity index (χ2n) is 7.78. The maximum atomic E-state index is 13.0. The van der Waals surface area contributed by atoms with Crippen LogP contribution in [0.1, 0.15) is 45.9 Å². The summed E-state index contributed by atoms with van der Waals surface area (Å²) >= 11 is 0. The first-order valence-corrected chi connectivity index (χ1v) is 8.72. The second kappa shape index (κ2) is 7.01. The van der Waals surface area contributed by atoms with Gasteiger partial charge in [0.1, 0.15) is 5.82 Å². The number of halogens is 1. The van der Waals surface area contributed by atoms with E-state index in [4.69, 9.17) is 4.42 Å². The smallest absolute Gasteiger partial charge is 0.247 e. The summed E-state index contributed by atoms with van der Waals surface area (Å²) in [5.41, 5.74) is 1.12. The minimum Gasteiger partial charge on any atom is -0.419 e. The van der Waals surface area contributed by atoms with Crippen molar-refractivity contribution in [3.05, 3.63) is 36.0 Å². The average Bonchev–Trinajstić information content (AvgIpc) is 2.84. The van der Waals surface area contributed by atoms with Crippen molar-refractivity contribution >= 4 is 0 Å². The quantitative estimate of drug-likeness (QED) is 0.829. The first kappa shape index (κ1) is 17.1. The van der Waals surface area contributed by atoms with Gasteiger partial charge < -0.3 is 4.42 Å². The molecule has 0 radical (unpaired) electrons. The highest BCUT2D eigenvalue weighted by Gasteiger charge is 2.27. The van der Waals surface area contributed by atoms with Gasteiger partial charge in [-0.1, -0.05) is 20.8 Å². The third-order valence-electron chi connectivity index (χ3n) is 4.96. The Balaban J connectivity index is 1.61. The van der Waals surface area contributed by atoms with Crippen LogP contribution in [0.25, 0.3) is 11.5 Å². The van der Waals surface area contributed by atoms with Gasteiger partial charge in [-0.25, -0.2) is 4.39 Å². The predicted molar refractivity (Wildman–Crippen MR) is 91.8 cm³/mol. The topological polar surface area (TPSA) is 42.2 Å². The molecule has 130 valence electrons. The molecule has 1 aromatic carbocycles. The van der Waals surface area contributed by atoms with Gasteiger partial charge in [0.15, 0.2) is 0 Å². The van der Waals surface area contributed by atoms with Crippen molar-refractivity contribution in [1.82, 2.24) is 15.1 Å². The van der Waals surface area contributed by atoms with Crippen LogP contribution >= 0.6 is 0 Å². The Morgan fingerprint density at radius 2 is 1.88 bits per heavy atom. The minimum absolute atomic E-state index is 0.267. The molecule has 2 heterocycles. The van der Waals surface area contributed by atoms with E-state index in [9.17, 15) is 4.39 Å². The highest BCUT2D eigenvalue weighted by atomic mass is 19.1. The van der Waals surface area contributed by atoms with Gasteiger partial charge in [0.05, 0.1) is 6.54 Å². The molecule has 3 rings (SSSR count). The molecule has 2 aromatic rings. The third-order valence-corrected chi connectivity index (χ3v) is 4.96. The zero-order valence-electron chi connectivity index (χ0n) is 14.8. The first-order chi connectivity index (χ1) is 11.4. The van der Waals surface area contributed by atoms with Gasteiger partial charge in [-0.15, -0.1) is 10.2 Å². The number of likely N-dealkylation sites (tertiary alicyclic amines) is 1. The van der Waals surface area contributed by atoms with Crippen LogP contribution < -0.4 is 0 Å². The highest BCUT2D eigenvalue weighted by molar-refractivity contribution is 5.51. The Kier molecular flexibility index (Phi) is 4.99. The molecule has 1 unspecified atom stereocenters. The average molecular weight is 331 g/mol. The number of rotatable bonds is 3. The fourth-order valence-corrected chi connectivity index (χ4v) is 3.40. The largest absolute Gasteiger partial charge is 0.419 e. The number of aromatic nitrogens is 2. The molecule has 0 amide bonds. The zero-order chi connectivity index (χ0) is 17.2. The summed E-state index contributed by atoms with van der Waals surface area (Å²) in [7, 11) is 0. The number of hydrogen-bond donors (Lipinski definition) is 0. The van der Waals surface area contributed by atoms with Gasteiger partial charge in [-0.05, 0) is 68.0 Å². The van der Waals surface area contributed by atoms with Gasteiger partial charge in [0, 0.05) is 5.56 Å². The van der Waals surface area contributed by atoms with Gasteiger partial charge in [0.2, 0.25) is 11.8 Å². The summed E-state index contributed by atoms with van der Waals surface area (Å²) in [6, 6.07) is 6.13. The van der Waals surface area contributed by atoms with Crippen LogP contribution in [0.2, 0.25) is 0 Å². The van der Waals surface area contributed by atoms with E-state index in [0.717, 1.165) is 24.6 Å². The zero-order valence-corrected chi connectivity index (χ0v) is 14.8. The van der Waals surface area contributed by atoms with Crippen LogP contribution in [0.3, 0.4) is 0 Å². The second-order valence-corrected chi connectivity index (χ2v) is 7.78. The summed E-state index contributed by atoms with van der Waals surface area (Å²) in [5, 5.41) is 8.25. The SMILES string of the molecule is CC(C)(C)C1CCCN(Cc2nnc(-c3ccc(F)cc3)o2)CC1. The van der Waals surface area contributed by atoms with Crippen LogP contribution in [0.5, 0.6) is 0 Å². The molecule has 1 fully saturated rings. The summed E-state index contributed by atoms with van der Waals surface area (Å²) in [4.78, 5) is 2.40. The van der Waals surface area contributed by atoms with Crippen molar-refractivity contribution < 1.29 is 8.81 Å². The van der Waals surface area contributed by atoms with Crippen LogP contribution in [-0.4, -0.2) is 28.2 Å². The standard InChI is InChI=1S/C19H26FN3O/c1-19(2,3)15-5-4-11-23(12-10-15)13-17-21-22-18(24-17)14-6-8-16(20)9-7-14/h6-9,15H,4-5,10-13H2,1-3H3. The monoisotopic (exact) mass is 331 g/mol. The molecule has 1 aliphatic heterocycles. The highest BCUT2D eigenvalue weighted by Crippen LogP contribution is 2.34. The van der Waals surface area contributed by atoms with E-state index in [-0.39, 0.29) is 5.82 Å². The van der Waals surface area contributed by atoms with Gasteiger partial charge in [-0.2, -0.15) is 0 Å². The Bertz CT molecular complexity index is 660. The molecular weight excluding hydrogens is 305 g/mol. The Labute approximate surface area is 143 Å². The predicted octanol–water partition coefficient (Wildman–Crippen LogP) is 4.52. The van der Waals surface area contributed by atoms with Crippen molar-refractivity contribution in [2.24, 2.45) is 11.3 Å². The van der Waals surface area contributed by atoms with Crippen LogP contribution in [-0.2, 0) is 6.54 Å². The Morgan fingerprint density at radius 3 is 2.58 bits per heavy atom. The fourth-order valence-electron chi connectivity index (χ4n) is 3.40. The molecule has 1 atom stereocenters. The van der Waals surface area contributed by atoms with Crippen molar-refractivity contribution in [3.63, 3.8) is 0 Å². The normalized spacial score (nSPS) is 20.1. The van der Waals surface area contributed by atoms with Crippen molar-refractivity contribution in [2.45, 2.75) is 46.6 Å². The first-order valence-electron chi connectivity index (χ1n) is 8.72. The third kappa shape index (κ3) is 4.20. The maximum Gasteiger partial charge on any atom is 0.247 e. The molecule has 1 saturated heterocycles. The number of hydrogen-bond acceptors (Lipinski definition) is 4. The lowest BCUT2D eigenvalue weighted by atomic mass is 9.77. The van der Waals surface area contributed by atoms with E-state index in [1.165, 1.54) is 31.4 Å². The van der Waals surface area contributed by atoms with Crippen LogP contribution in [0.4, 0.5) is 4.39 Å². The fraction of sp³-hybridized carbons (Fsp3) is 0.579. The van der Waals surface area contributed by atoms with E-state index >= 15 is 0 Å². The van der Waals surface area contributed by atoms with Crippen molar-refractivity contribution in [2.75, 3.05) is 13.1 Å². The van der Waals surface area contributed by atoms with Crippen LogP contribution in [0, 0.1) is 17.2 Å². The Morgan fingerprint density at radius 1 is 1.12 bits per heavy atom. The molecule has 1 aromatic heterocycles. The Hall–Kier alpha value is -1.75. The van der Waals surface area contributed by atoms with E-state index in [1.807, 2.05) is 0 Å². The molecule has 24 heavy (non-hydrogen) atoms. The lowest BCUT2D eigenvalue weighted by molar-refractivity contribution is 0.202. The van der Waals surface area contributed by atoms with Gasteiger partial charge in [-0.3, -0.25) is 4.90 Å². The van der Waals surface area contributed by atoms with Crippen molar-refractivity contribution in [1.29, 1.82) is 0 Å². The van der Waals surface area contributed by atoms with E-state index < -0.39 is 0 Å². The van der Waals surface area contributed by atoms with E-state index in [0.29, 0.717) is 23.7 Å². The van der Waals surface area contributed by atoms with E-state index in [2.05, 4.69) is 35.9 Å². The molecule has 0 spiro atoms. The van der Waals surface area contributed by atoms with Gasteiger partial charge in [0.25, 0.3) is 0 Å². The molecule has 1 aliphatic rings. The summed E-state index contributed by atoms with van der Waals surface area (Å²) in [6.45, 7) is 9.82. The van der Waals surface area contributed by atoms with E-state index in [1.54, 1.807) is 12.1 Å². The lowest BCUT2D eigenvalue weighted by Crippen LogP contribution is -2.26. The molecule has 0 saturated carbocycles. The minimum atomic E-state index is -0.267. The number of nitrogens with zero attached hydrogens (tertiary/aromatic N) is 3. The summed E-state index contributed by atoms with van der Waals surface area (Å²) in [6.07, 6.45) is 3.70.